The van der Waals surface area contributed by atoms with Gasteiger partial charge < -0.3 is 10.2 Å². The fourth-order valence-corrected chi connectivity index (χ4v) is 3.67. The molecule has 5 rings (SSSR count). The number of rotatable bonds is 1. The van der Waals surface area contributed by atoms with Gasteiger partial charge in [-0.25, -0.2) is 0 Å². The minimum absolute atomic E-state index is 0.0108. The molecule has 0 amide bonds. The predicted octanol–water partition coefficient (Wildman–Crippen LogP) is 4.20. The van der Waals surface area contributed by atoms with Crippen molar-refractivity contribution >= 4 is 16.6 Å². The van der Waals surface area contributed by atoms with Crippen LogP contribution in [0.3, 0.4) is 0 Å². The molecular formula is C22H16N2O2. The number of nitrogen functional groups attached to an aromatic ring is 1. The molecule has 1 aliphatic carbocycles. The smallest absolute Gasteiger partial charge is 0.189 e. The Labute approximate surface area is 149 Å². The maximum atomic E-state index is 12.7. The summed E-state index contributed by atoms with van der Waals surface area (Å²) in [5, 5.41) is 0.881. The molecule has 0 fully saturated rings. The molecule has 26 heavy (non-hydrogen) atoms. The number of para-hydroxylation sites is 1. The number of hydrogen-bond acceptors (Lipinski definition) is 4. The summed E-state index contributed by atoms with van der Waals surface area (Å²) < 4.78 is 6.20. The van der Waals surface area contributed by atoms with Crippen LogP contribution in [0.4, 0.5) is 5.69 Å². The van der Waals surface area contributed by atoms with E-state index in [1.807, 2.05) is 54.6 Å². The molecule has 126 valence electrons. The van der Waals surface area contributed by atoms with Crippen molar-refractivity contribution in [2.24, 2.45) is 0 Å². The van der Waals surface area contributed by atoms with Gasteiger partial charge in [0.25, 0.3) is 0 Å². The molecule has 2 aromatic heterocycles. The standard InChI is InChI=1S/C22H16N2O2/c23-21-14-8-4-5-9-16(14)24-17-11-10-15-18(25)12-19(26-22(15)20(17)21)13-6-2-1-3-7-13/h1-9,12H,10-11H2,(H2,23,24). The predicted molar refractivity (Wildman–Crippen MR) is 103 cm³/mol. The van der Waals surface area contributed by atoms with Gasteiger partial charge in [0.1, 0.15) is 11.5 Å². The molecule has 0 saturated carbocycles. The lowest BCUT2D eigenvalue weighted by Gasteiger charge is -2.21. The first-order chi connectivity index (χ1) is 12.7. The van der Waals surface area contributed by atoms with Crippen molar-refractivity contribution in [2.45, 2.75) is 12.8 Å². The van der Waals surface area contributed by atoms with Gasteiger partial charge >= 0.3 is 0 Å². The van der Waals surface area contributed by atoms with E-state index in [0.717, 1.165) is 27.7 Å². The molecule has 1 aliphatic rings. The van der Waals surface area contributed by atoms with Crippen LogP contribution in [0.25, 0.3) is 33.6 Å². The number of aryl methyl sites for hydroxylation is 1. The van der Waals surface area contributed by atoms with Gasteiger partial charge in [0.05, 0.1) is 22.5 Å². The molecule has 0 saturated heterocycles. The molecule has 0 atom stereocenters. The van der Waals surface area contributed by atoms with Crippen LogP contribution in [0, 0.1) is 0 Å². The number of fused-ring (bicyclic) bond motifs is 4. The zero-order valence-corrected chi connectivity index (χ0v) is 14.0. The number of pyridine rings is 1. The lowest BCUT2D eigenvalue weighted by molar-refractivity contribution is 0.565. The maximum absolute atomic E-state index is 12.7. The number of nitrogens with two attached hydrogens (primary N) is 1. The summed E-state index contributed by atoms with van der Waals surface area (Å²) >= 11 is 0. The van der Waals surface area contributed by atoms with Gasteiger partial charge in [-0.15, -0.1) is 0 Å². The van der Waals surface area contributed by atoms with E-state index in [-0.39, 0.29) is 5.43 Å². The molecule has 0 unspecified atom stereocenters. The highest BCUT2D eigenvalue weighted by atomic mass is 16.3. The largest absolute Gasteiger partial charge is 0.455 e. The van der Waals surface area contributed by atoms with E-state index in [1.165, 1.54) is 0 Å². The number of benzene rings is 2. The van der Waals surface area contributed by atoms with E-state index >= 15 is 0 Å². The fraction of sp³-hybridized carbons (Fsp3) is 0.0909. The average molecular weight is 340 g/mol. The van der Waals surface area contributed by atoms with Crippen LogP contribution in [-0.2, 0) is 12.8 Å². The fourth-order valence-electron chi connectivity index (χ4n) is 3.67. The Balaban J connectivity index is 1.83. The Bertz CT molecular complexity index is 1210. The summed E-state index contributed by atoms with van der Waals surface area (Å²) in [5.74, 6) is 1.11. The number of aromatic nitrogens is 1. The first kappa shape index (κ1) is 14.9. The molecule has 0 bridgehead atoms. The SMILES string of the molecule is Nc1c2c(nc3ccccc13)CCc1c-2oc(-c2ccccc2)cc1=O. The summed E-state index contributed by atoms with van der Waals surface area (Å²) in [5.41, 5.74) is 11.2. The zero-order chi connectivity index (χ0) is 17.7. The molecule has 4 heteroatoms. The third-order valence-corrected chi connectivity index (χ3v) is 4.95. The number of nitrogens with zero attached hydrogens (tertiary/aromatic N) is 1. The Morgan fingerprint density at radius 1 is 0.962 bits per heavy atom. The Morgan fingerprint density at radius 3 is 2.58 bits per heavy atom. The van der Waals surface area contributed by atoms with Crippen molar-refractivity contribution in [3.8, 4) is 22.6 Å². The van der Waals surface area contributed by atoms with E-state index in [0.29, 0.717) is 35.6 Å². The summed E-state index contributed by atoms with van der Waals surface area (Å²) in [6.45, 7) is 0. The molecule has 0 aliphatic heterocycles. The molecule has 4 nitrogen and oxygen atoms in total. The summed E-state index contributed by atoms with van der Waals surface area (Å²) in [7, 11) is 0. The van der Waals surface area contributed by atoms with E-state index in [1.54, 1.807) is 6.07 Å². The van der Waals surface area contributed by atoms with Crippen LogP contribution in [0.15, 0.2) is 69.9 Å². The molecule has 2 aromatic carbocycles. The summed E-state index contributed by atoms with van der Waals surface area (Å²) in [4.78, 5) is 17.5. The normalized spacial score (nSPS) is 12.6. The van der Waals surface area contributed by atoms with Crippen molar-refractivity contribution in [2.75, 3.05) is 5.73 Å². The number of anilines is 1. The summed E-state index contributed by atoms with van der Waals surface area (Å²) in [6, 6.07) is 19.0. The first-order valence-electron chi connectivity index (χ1n) is 8.62. The van der Waals surface area contributed by atoms with Gasteiger partial charge in [0, 0.05) is 22.6 Å². The first-order valence-corrected chi connectivity index (χ1v) is 8.62. The summed E-state index contributed by atoms with van der Waals surface area (Å²) in [6.07, 6.45) is 1.30. The second-order valence-corrected chi connectivity index (χ2v) is 6.51. The van der Waals surface area contributed by atoms with E-state index in [4.69, 9.17) is 15.1 Å². The highest BCUT2D eigenvalue weighted by Crippen LogP contribution is 2.40. The van der Waals surface area contributed by atoms with Gasteiger partial charge in [0.15, 0.2) is 5.43 Å². The second-order valence-electron chi connectivity index (χ2n) is 6.51. The monoisotopic (exact) mass is 340 g/mol. The minimum Gasteiger partial charge on any atom is -0.455 e. The molecule has 4 aromatic rings. The molecule has 2 heterocycles. The Morgan fingerprint density at radius 2 is 1.73 bits per heavy atom. The topological polar surface area (TPSA) is 69.1 Å². The van der Waals surface area contributed by atoms with Crippen LogP contribution >= 0.6 is 0 Å². The van der Waals surface area contributed by atoms with Crippen molar-refractivity contribution in [1.82, 2.24) is 4.98 Å². The third-order valence-electron chi connectivity index (χ3n) is 4.95. The van der Waals surface area contributed by atoms with Crippen LogP contribution in [0.5, 0.6) is 0 Å². The van der Waals surface area contributed by atoms with Gasteiger partial charge in [-0.3, -0.25) is 9.78 Å². The average Bonchev–Trinajstić information content (AvgIpc) is 2.68. The zero-order valence-electron chi connectivity index (χ0n) is 14.0. The van der Waals surface area contributed by atoms with Gasteiger partial charge in [-0.05, 0) is 18.9 Å². The molecule has 2 N–H and O–H groups in total. The van der Waals surface area contributed by atoms with Gasteiger partial charge in [-0.2, -0.15) is 0 Å². The van der Waals surface area contributed by atoms with E-state index in [2.05, 4.69) is 0 Å². The maximum Gasteiger partial charge on any atom is 0.189 e. The van der Waals surface area contributed by atoms with Crippen LogP contribution in [-0.4, -0.2) is 4.98 Å². The van der Waals surface area contributed by atoms with Crippen LogP contribution in [0.1, 0.15) is 11.3 Å². The highest BCUT2D eigenvalue weighted by Gasteiger charge is 2.26. The minimum atomic E-state index is -0.0108. The highest BCUT2D eigenvalue weighted by molar-refractivity contribution is 5.99. The third kappa shape index (κ3) is 2.15. The van der Waals surface area contributed by atoms with Crippen molar-refractivity contribution in [3.05, 3.63) is 82.1 Å². The lowest BCUT2D eigenvalue weighted by atomic mass is 9.90. The van der Waals surface area contributed by atoms with Crippen molar-refractivity contribution in [1.29, 1.82) is 0 Å². The van der Waals surface area contributed by atoms with Crippen LogP contribution in [0.2, 0.25) is 0 Å². The van der Waals surface area contributed by atoms with Gasteiger partial charge in [0.2, 0.25) is 0 Å². The molecular weight excluding hydrogens is 324 g/mol. The van der Waals surface area contributed by atoms with Gasteiger partial charge in [-0.1, -0.05) is 48.5 Å². The van der Waals surface area contributed by atoms with Crippen LogP contribution < -0.4 is 11.2 Å². The van der Waals surface area contributed by atoms with Crippen molar-refractivity contribution in [3.63, 3.8) is 0 Å². The molecule has 0 spiro atoms. The molecule has 0 radical (unpaired) electrons. The Hall–Kier alpha value is -3.40. The Kier molecular flexibility index (Phi) is 3.19. The number of hydrogen-bond donors (Lipinski definition) is 1. The van der Waals surface area contributed by atoms with E-state index in [9.17, 15) is 4.79 Å². The quantitative estimate of drug-likeness (QED) is 0.564. The van der Waals surface area contributed by atoms with Crippen molar-refractivity contribution < 1.29 is 4.42 Å². The van der Waals surface area contributed by atoms with E-state index < -0.39 is 0 Å². The second kappa shape index (κ2) is 5.56. The lowest BCUT2D eigenvalue weighted by Crippen LogP contribution is -2.17.